The first-order valence-electron chi connectivity index (χ1n) is 6.55. The van der Waals surface area contributed by atoms with Crippen molar-refractivity contribution < 1.29 is 0 Å². The van der Waals surface area contributed by atoms with Gasteiger partial charge < -0.3 is 5.32 Å². The standard InChI is InChI=1S/C15H20ClN3/c1-17-11-13(10-15-6-7-19(2)18-15)8-12-4-3-5-14(16)9-12/h3-7,9,13,17H,8,10-11H2,1-2H3. The fourth-order valence-electron chi connectivity index (χ4n) is 2.37. The molecular weight excluding hydrogens is 258 g/mol. The van der Waals surface area contributed by atoms with Crippen LogP contribution in [0.4, 0.5) is 0 Å². The third kappa shape index (κ3) is 4.37. The molecule has 1 atom stereocenters. The Morgan fingerprint density at radius 1 is 1.32 bits per heavy atom. The van der Waals surface area contributed by atoms with E-state index in [-0.39, 0.29) is 0 Å². The topological polar surface area (TPSA) is 29.9 Å². The van der Waals surface area contributed by atoms with E-state index in [0.29, 0.717) is 5.92 Å². The van der Waals surface area contributed by atoms with Crippen LogP contribution in [0.2, 0.25) is 5.02 Å². The minimum absolute atomic E-state index is 0.526. The molecule has 0 aliphatic carbocycles. The number of hydrogen-bond acceptors (Lipinski definition) is 2. The summed E-state index contributed by atoms with van der Waals surface area (Å²) < 4.78 is 1.85. The van der Waals surface area contributed by atoms with Crippen LogP contribution < -0.4 is 5.32 Å². The van der Waals surface area contributed by atoms with Gasteiger partial charge in [0.25, 0.3) is 0 Å². The number of hydrogen-bond donors (Lipinski definition) is 1. The number of rotatable bonds is 6. The molecule has 0 spiro atoms. The highest BCUT2D eigenvalue weighted by atomic mass is 35.5. The maximum atomic E-state index is 6.04. The van der Waals surface area contributed by atoms with Crippen LogP contribution in [0.15, 0.2) is 36.5 Å². The molecule has 0 fully saturated rings. The SMILES string of the molecule is CNCC(Cc1cccc(Cl)c1)Cc1ccn(C)n1. The van der Waals surface area contributed by atoms with E-state index in [4.69, 9.17) is 11.6 Å². The largest absolute Gasteiger partial charge is 0.319 e. The molecular formula is C15H20ClN3. The highest BCUT2D eigenvalue weighted by Gasteiger charge is 2.12. The number of aromatic nitrogens is 2. The van der Waals surface area contributed by atoms with E-state index >= 15 is 0 Å². The van der Waals surface area contributed by atoms with Crippen molar-refractivity contribution in [2.45, 2.75) is 12.8 Å². The molecule has 19 heavy (non-hydrogen) atoms. The first-order valence-corrected chi connectivity index (χ1v) is 6.92. The normalized spacial score (nSPS) is 12.6. The number of halogens is 1. The van der Waals surface area contributed by atoms with Crippen molar-refractivity contribution in [3.8, 4) is 0 Å². The van der Waals surface area contributed by atoms with Gasteiger partial charge >= 0.3 is 0 Å². The number of aryl methyl sites for hydroxylation is 1. The van der Waals surface area contributed by atoms with Gasteiger partial charge in [-0.05, 0) is 56.1 Å². The maximum Gasteiger partial charge on any atom is 0.0627 e. The van der Waals surface area contributed by atoms with Gasteiger partial charge in [0.15, 0.2) is 0 Å². The van der Waals surface area contributed by atoms with Gasteiger partial charge in [-0.15, -0.1) is 0 Å². The molecule has 2 rings (SSSR count). The molecule has 102 valence electrons. The summed E-state index contributed by atoms with van der Waals surface area (Å²) in [5, 5.41) is 8.52. The zero-order valence-electron chi connectivity index (χ0n) is 11.4. The Kier molecular flexibility index (Phi) is 5.00. The van der Waals surface area contributed by atoms with Gasteiger partial charge in [-0.25, -0.2) is 0 Å². The van der Waals surface area contributed by atoms with Crippen molar-refractivity contribution in [3.05, 3.63) is 52.8 Å². The molecule has 0 aliphatic heterocycles. The molecule has 0 bridgehead atoms. The smallest absolute Gasteiger partial charge is 0.0627 e. The van der Waals surface area contributed by atoms with E-state index in [1.54, 1.807) is 0 Å². The van der Waals surface area contributed by atoms with Crippen LogP contribution in [0.3, 0.4) is 0 Å². The second kappa shape index (κ2) is 6.73. The van der Waals surface area contributed by atoms with E-state index < -0.39 is 0 Å². The van der Waals surface area contributed by atoms with Crippen molar-refractivity contribution in [2.75, 3.05) is 13.6 Å². The number of benzene rings is 1. The Morgan fingerprint density at radius 3 is 2.79 bits per heavy atom. The molecule has 0 amide bonds. The van der Waals surface area contributed by atoms with Crippen LogP contribution in [0.25, 0.3) is 0 Å². The van der Waals surface area contributed by atoms with Gasteiger partial charge in [-0.3, -0.25) is 4.68 Å². The van der Waals surface area contributed by atoms with Crippen LogP contribution in [0.1, 0.15) is 11.3 Å². The summed E-state index contributed by atoms with van der Waals surface area (Å²) >= 11 is 6.04. The lowest BCUT2D eigenvalue weighted by Crippen LogP contribution is -2.23. The van der Waals surface area contributed by atoms with E-state index in [1.807, 2.05) is 43.2 Å². The van der Waals surface area contributed by atoms with E-state index in [9.17, 15) is 0 Å². The average Bonchev–Trinajstić information content (AvgIpc) is 2.75. The lowest BCUT2D eigenvalue weighted by atomic mass is 9.95. The van der Waals surface area contributed by atoms with Crippen LogP contribution >= 0.6 is 11.6 Å². The van der Waals surface area contributed by atoms with Gasteiger partial charge in [-0.2, -0.15) is 5.10 Å². The van der Waals surface area contributed by atoms with Gasteiger partial charge in [-0.1, -0.05) is 23.7 Å². The third-order valence-electron chi connectivity index (χ3n) is 3.17. The molecule has 0 saturated heterocycles. The summed E-state index contributed by atoms with van der Waals surface area (Å²) in [5.74, 6) is 0.526. The van der Waals surface area contributed by atoms with Crippen molar-refractivity contribution in [2.24, 2.45) is 13.0 Å². The summed E-state index contributed by atoms with van der Waals surface area (Å²) in [6.07, 6.45) is 3.98. The monoisotopic (exact) mass is 277 g/mol. The number of nitrogens with one attached hydrogen (secondary N) is 1. The Hall–Kier alpha value is -1.32. The molecule has 4 heteroatoms. The van der Waals surface area contributed by atoms with Crippen molar-refractivity contribution >= 4 is 11.6 Å². The molecule has 1 heterocycles. The number of nitrogens with zero attached hydrogens (tertiary/aromatic N) is 2. The summed E-state index contributed by atoms with van der Waals surface area (Å²) in [7, 11) is 3.94. The molecule has 3 nitrogen and oxygen atoms in total. The molecule has 1 aromatic heterocycles. The van der Waals surface area contributed by atoms with Gasteiger partial charge in [0.05, 0.1) is 5.69 Å². The van der Waals surface area contributed by atoms with Crippen LogP contribution in [-0.4, -0.2) is 23.4 Å². The predicted octanol–water partition coefficient (Wildman–Crippen LogP) is 2.69. The summed E-state index contributed by atoms with van der Waals surface area (Å²) in [5.41, 5.74) is 2.42. The molecule has 1 N–H and O–H groups in total. The van der Waals surface area contributed by atoms with Crippen molar-refractivity contribution in [1.29, 1.82) is 0 Å². The van der Waals surface area contributed by atoms with E-state index in [2.05, 4.69) is 22.5 Å². The van der Waals surface area contributed by atoms with E-state index in [1.165, 1.54) is 5.56 Å². The highest BCUT2D eigenvalue weighted by Crippen LogP contribution is 2.17. The molecule has 0 radical (unpaired) electrons. The minimum atomic E-state index is 0.526. The van der Waals surface area contributed by atoms with E-state index in [0.717, 1.165) is 30.1 Å². The average molecular weight is 278 g/mol. The Morgan fingerprint density at radius 2 is 2.16 bits per heavy atom. The summed E-state index contributed by atoms with van der Waals surface area (Å²) in [4.78, 5) is 0. The second-order valence-corrected chi connectivity index (χ2v) is 5.38. The zero-order chi connectivity index (χ0) is 13.7. The first kappa shape index (κ1) is 14.1. The molecule has 2 aromatic rings. The lowest BCUT2D eigenvalue weighted by molar-refractivity contribution is 0.485. The quantitative estimate of drug-likeness (QED) is 0.880. The van der Waals surface area contributed by atoms with Crippen LogP contribution in [-0.2, 0) is 19.9 Å². The van der Waals surface area contributed by atoms with Gasteiger partial charge in [0.2, 0.25) is 0 Å². The zero-order valence-corrected chi connectivity index (χ0v) is 12.2. The Bertz CT molecular complexity index is 522. The van der Waals surface area contributed by atoms with Crippen molar-refractivity contribution in [3.63, 3.8) is 0 Å². The Balaban J connectivity index is 2.03. The predicted molar refractivity (Wildman–Crippen MR) is 79.5 cm³/mol. The van der Waals surface area contributed by atoms with Crippen LogP contribution in [0.5, 0.6) is 0 Å². The fraction of sp³-hybridized carbons (Fsp3) is 0.400. The maximum absolute atomic E-state index is 6.04. The Labute approximate surface area is 119 Å². The second-order valence-electron chi connectivity index (χ2n) is 4.94. The fourth-order valence-corrected chi connectivity index (χ4v) is 2.58. The highest BCUT2D eigenvalue weighted by molar-refractivity contribution is 6.30. The summed E-state index contributed by atoms with van der Waals surface area (Å²) in [6, 6.07) is 10.2. The van der Waals surface area contributed by atoms with Gasteiger partial charge in [0.1, 0.15) is 0 Å². The molecule has 1 aromatic carbocycles. The van der Waals surface area contributed by atoms with Crippen LogP contribution in [0, 0.1) is 5.92 Å². The molecule has 0 saturated carbocycles. The first-order chi connectivity index (χ1) is 9.17. The third-order valence-corrected chi connectivity index (χ3v) is 3.41. The van der Waals surface area contributed by atoms with Gasteiger partial charge in [0, 0.05) is 18.3 Å². The lowest BCUT2D eigenvalue weighted by Gasteiger charge is -2.15. The molecule has 1 unspecified atom stereocenters. The molecule has 0 aliphatic rings. The minimum Gasteiger partial charge on any atom is -0.319 e. The van der Waals surface area contributed by atoms with Crippen molar-refractivity contribution in [1.82, 2.24) is 15.1 Å². The summed E-state index contributed by atoms with van der Waals surface area (Å²) in [6.45, 7) is 0.975.